The van der Waals surface area contributed by atoms with Gasteiger partial charge in [0.25, 0.3) is 0 Å². The fraction of sp³-hybridized carbons (Fsp3) is 0.263. The van der Waals surface area contributed by atoms with Gasteiger partial charge in [-0.15, -0.1) is 6.58 Å². The van der Waals surface area contributed by atoms with Gasteiger partial charge in [-0.3, -0.25) is 4.90 Å². The average Bonchev–Trinajstić information content (AvgIpc) is 2.63. The molecule has 1 aliphatic heterocycles. The number of carbonyl (C=O) groups is 1. The molecule has 0 saturated carbocycles. The Morgan fingerprint density at radius 2 is 2.04 bits per heavy atom. The van der Waals surface area contributed by atoms with E-state index in [0.717, 1.165) is 31.0 Å². The summed E-state index contributed by atoms with van der Waals surface area (Å²) in [5, 5.41) is 3.01. The van der Waals surface area contributed by atoms with E-state index >= 15 is 0 Å². The molecular weight excluding hydrogens is 300 g/mol. The van der Waals surface area contributed by atoms with Crippen LogP contribution in [0.1, 0.15) is 5.56 Å². The summed E-state index contributed by atoms with van der Waals surface area (Å²) in [5.74, 6) is 0.835. The highest BCUT2D eigenvalue weighted by Crippen LogP contribution is 2.30. The van der Waals surface area contributed by atoms with E-state index in [2.05, 4.69) is 33.9 Å². The summed E-state index contributed by atoms with van der Waals surface area (Å²) in [6.07, 6.45) is 4.43. The highest BCUT2D eigenvalue weighted by atomic mass is 16.2. The maximum absolute atomic E-state index is 12.6. The van der Waals surface area contributed by atoms with Crippen molar-refractivity contribution in [2.75, 3.05) is 36.0 Å². The molecule has 1 aliphatic rings. The summed E-state index contributed by atoms with van der Waals surface area (Å²) < 4.78 is 0. The Morgan fingerprint density at radius 1 is 1.21 bits per heavy atom. The molecule has 2 amide bonds. The molecule has 1 aromatic carbocycles. The van der Waals surface area contributed by atoms with Crippen molar-refractivity contribution in [3.8, 4) is 0 Å². The minimum Gasteiger partial charge on any atom is -0.349 e. The van der Waals surface area contributed by atoms with Gasteiger partial charge in [-0.25, -0.2) is 9.78 Å². The van der Waals surface area contributed by atoms with Crippen molar-refractivity contribution < 1.29 is 4.79 Å². The van der Waals surface area contributed by atoms with E-state index < -0.39 is 0 Å². The second-order valence-corrected chi connectivity index (χ2v) is 5.70. The van der Waals surface area contributed by atoms with Crippen molar-refractivity contribution in [2.24, 2.45) is 0 Å². The Bertz CT molecular complexity index is 702. The van der Waals surface area contributed by atoms with Crippen LogP contribution in [0.2, 0.25) is 0 Å². The lowest BCUT2D eigenvalue weighted by atomic mass is 10.1. The van der Waals surface area contributed by atoms with E-state index in [0.29, 0.717) is 13.1 Å². The van der Waals surface area contributed by atoms with E-state index in [1.54, 1.807) is 11.1 Å². The Labute approximate surface area is 142 Å². The number of aromatic nitrogens is 1. The molecule has 0 spiro atoms. The van der Waals surface area contributed by atoms with Crippen molar-refractivity contribution >= 4 is 17.5 Å². The number of anilines is 2. The molecule has 0 bridgehead atoms. The maximum Gasteiger partial charge on any atom is 0.322 e. The lowest BCUT2D eigenvalue weighted by Gasteiger charge is -2.36. The van der Waals surface area contributed by atoms with Crippen LogP contribution in [0.15, 0.2) is 61.3 Å². The number of benzene rings is 1. The van der Waals surface area contributed by atoms with Crippen LogP contribution >= 0.6 is 0 Å². The Hall–Kier alpha value is -2.82. The highest BCUT2D eigenvalue weighted by molar-refractivity contribution is 5.96. The van der Waals surface area contributed by atoms with Gasteiger partial charge in [0.15, 0.2) is 5.82 Å². The van der Waals surface area contributed by atoms with Crippen LogP contribution in [0.5, 0.6) is 0 Å². The number of nitrogens with zero attached hydrogens (tertiary/aromatic N) is 3. The van der Waals surface area contributed by atoms with Crippen molar-refractivity contribution in [2.45, 2.75) is 6.42 Å². The molecule has 1 aromatic heterocycles. The van der Waals surface area contributed by atoms with Gasteiger partial charge in [-0.2, -0.15) is 0 Å². The molecule has 124 valence electrons. The highest BCUT2D eigenvalue weighted by Gasteiger charge is 2.26. The third-order valence-corrected chi connectivity index (χ3v) is 4.08. The first-order valence-electron chi connectivity index (χ1n) is 8.20. The fourth-order valence-electron chi connectivity index (χ4n) is 2.89. The van der Waals surface area contributed by atoms with Gasteiger partial charge in [0.1, 0.15) is 0 Å². The molecule has 3 rings (SSSR count). The van der Waals surface area contributed by atoms with Crippen molar-refractivity contribution in [1.82, 2.24) is 10.3 Å². The van der Waals surface area contributed by atoms with Crippen LogP contribution in [-0.2, 0) is 6.42 Å². The molecule has 0 atom stereocenters. The van der Waals surface area contributed by atoms with Gasteiger partial charge in [0.2, 0.25) is 0 Å². The van der Waals surface area contributed by atoms with Gasteiger partial charge in [0.05, 0.1) is 5.69 Å². The van der Waals surface area contributed by atoms with E-state index in [4.69, 9.17) is 0 Å². The van der Waals surface area contributed by atoms with Crippen LogP contribution < -0.4 is 15.1 Å². The first-order chi connectivity index (χ1) is 11.8. The zero-order chi connectivity index (χ0) is 16.8. The van der Waals surface area contributed by atoms with Crippen molar-refractivity contribution in [3.63, 3.8) is 0 Å². The molecule has 0 radical (unpaired) electrons. The van der Waals surface area contributed by atoms with E-state index in [-0.39, 0.29) is 6.03 Å². The largest absolute Gasteiger partial charge is 0.349 e. The summed E-state index contributed by atoms with van der Waals surface area (Å²) in [7, 11) is 0. The van der Waals surface area contributed by atoms with E-state index in [1.165, 1.54) is 5.56 Å². The molecule has 0 fully saturated rings. The number of amides is 2. The Balaban J connectivity index is 1.64. The van der Waals surface area contributed by atoms with Crippen molar-refractivity contribution in [1.29, 1.82) is 0 Å². The predicted octanol–water partition coefficient (Wildman–Crippen LogP) is 2.85. The van der Waals surface area contributed by atoms with Gasteiger partial charge in [-0.05, 0) is 24.1 Å². The van der Waals surface area contributed by atoms with Crippen LogP contribution in [0.3, 0.4) is 0 Å². The molecule has 0 saturated heterocycles. The van der Waals surface area contributed by atoms with E-state index in [9.17, 15) is 4.79 Å². The molecule has 0 unspecified atom stereocenters. The molecule has 0 aliphatic carbocycles. The summed E-state index contributed by atoms with van der Waals surface area (Å²) in [5.41, 5.74) is 2.07. The molecular formula is C19H22N4O. The number of rotatable bonds is 5. The molecule has 2 heterocycles. The Morgan fingerprint density at radius 3 is 2.83 bits per heavy atom. The minimum atomic E-state index is -0.0709. The van der Waals surface area contributed by atoms with Gasteiger partial charge >= 0.3 is 6.03 Å². The topological polar surface area (TPSA) is 48.5 Å². The standard InChI is InChI=1S/C19H22N4O/c1-2-13-22-14-15-23(17-9-6-11-20-18(17)22)19(24)21-12-10-16-7-4-3-5-8-16/h2-9,11H,1,10,12-15H2,(H,21,24). The van der Waals surface area contributed by atoms with Crippen molar-refractivity contribution in [3.05, 3.63) is 66.9 Å². The Kier molecular flexibility index (Phi) is 5.11. The monoisotopic (exact) mass is 322 g/mol. The number of urea groups is 1. The van der Waals surface area contributed by atoms with Gasteiger partial charge in [0, 0.05) is 32.4 Å². The average molecular weight is 322 g/mol. The first kappa shape index (κ1) is 16.1. The lowest BCUT2D eigenvalue weighted by molar-refractivity contribution is 0.246. The van der Waals surface area contributed by atoms with Crippen LogP contribution in [0, 0.1) is 0 Å². The zero-order valence-electron chi connectivity index (χ0n) is 13.7. The number of hydrogen-bond acceptors (Lipinski definition) is 3. The number of fused-ring (bicyclic) bond motifs is 1. The summed E-state index contributed by atoms with van der Waals surface area (Å²) in [6, 6.07) is 13.9. The molecule has 1 N–H and O–H groups in total. The summed E-state index contributed by atoms with van der Waals surface area (Å²) >= 11 is 0. The smallest absolute Gasteiger partial charge is 0.322 e. The number of hydrogen-bond donors (Lipinski definition) is 1. The SMILES string of the molecule is C=CCN1CCN(C(=O)NCCc2ccccc2)c2cccnc21. The second-order valence-electron chi connectivity index (χ2n) is 5.70. The normalized spacial score (nSPS) is 13.3. The lowest BCUT2D eigenvalue weighted by Crippen LogP contribution is -2.48. The van der Waals surface area contributed by atoms with Crippen LogP contribution in [0.25, 0.3) is 0 Å². The number of nitrogens with one attached hydrogen (secondary N) is 1. The van der Waals surface area contributed by atoms with Crippen LogP contribution in [-0.4, -0.2) is 37.2 Å². The number of pyridine rings is 1. The zero-order valence-corrected chi connectivity index (χ0v) is 13.7. The fourth-order valence-corrected chi connectivity index (χ4v) is 2.89. The van der Waals surface area contributed by atoms with Gasteiger partial charge in [-0.1, -0.05) is 36.4 Å². The van der Waals surface area contributed by atoms with E-state index in [1.807, 2.05) is 36.4 Å². The second kappa shape index (κ2) is 7.64. The third-order valence-electron chi connectivity index (χ3n) is 4.08. The minimum absolute atomic E-state index is 0.0709. The first-order valence-corrected chi connectivity index (χ1v) is 8.20. The van der Waals surface area contributed by atoms with Gasteiger partial charge < -0.3 is 10.2 Å². The maximum atomic E-state index is 12.6. The molecule has 5 heteroatoms. The van der Waals surface area contributed by atoms with Crippen LogP contribution in [0.4, 0.5) is 16.3 Å². The molecule has 5 nitrogen and oxygen atoms in total. The quantitative estimate of drug-likeness (QED) is 0.861. The summed E-state index contributed by atoms with van der Waals surface area (Å²) in [4.78, 5) is 20.9. The molecule has 24 heavy (non-hydrogen) atoms. The summed E-state index contributed by atoms with van der Waals surface area (Å²) in [6.45, 7) is 6.53. The number of carbonyl (C=O) groups excluding carboxylic acids is 1. The molecule has 2 aromatic rings. The third kappa shape index (κ3) is 3.56. The predicted molar refractivity (Wildman–Crippen MR) is 97.5 cm³/mol.